The number of halogens is 1. The zero-order chi connectivity index (χ0) is 24.8. The molecule has 37 heavy (non-hydrogen) atoms. The van der Waals surface area contributed by atoms with Gasteiger partial charge in [-0.05, 0) is 67.9 Å². The highest BCUT2D eigenvalue weighted by atomic mass is 32.1. The average molecular weight is 510 g/mol. The number of thiophene rings is 1. The summed E-state index contributed by atoms with van der Waals surface area (Å²) >= 11 is 1.11. The number of benzene rings is 1. The molecule has 1 aliphatic heterocycles. The van der Waals surface area contributed by atoms with Crippen molar-refractivity contribution in [3.63, 3.8) is 0 Å². The Hall–Kier alpha value is -3.95. The fraction of sp³-hybridized carbons (Fsp3) is 0.214. The highest BCUT2D eigenvalue weighted by molar-refractivity contribution is 7.14. The predicted octanol–water partition coefficient (Wildman–Crippen LogP) is 6.42. The lowest BCUT2D eigenvalue weighted by atomic mass is 10.1. The van der Waals surface area contributed by atoms with Crippen molar-refractivity contribution in [1.29, 1.82) is 0 Å². The van der Waals surface area contributed by atoms with Gasteiger partial charge in [-0.1, -0.05) is 18.6 Å². The number of likely N-dealkylation sites (tertiary alicyclic amines) is 1. The van der Waals surface area contributed by atoms with Crippen LogP contribution in [0, 0.1) is 5.13 Å². The number of piperidine rings is 1. The van der Waals surface area contributed by atoms with Crippen molar-refractivity contribution in [2.75, 3.05) is 13.1 Å². The minimum absolute atomic E-state index is 0.215. The van der Waals surface area contributed by atoms with Crippen molar-refractivity contribution >= 4 is 33.4 Å². The van der Waals surface area contributed by atoms with E-state index < -0.39 is 0 Å². The number of nitrogens with one attached hydrogen (secondary N) is 2. The maximum Gasteiger partial charge on any atom is 0.176 e. The van der Waals surface area contributed by atoms with Crippen molar-refractivity contribution in [3.05, 3.63) is 71.6 Å². The molecule has 1 aromatic carbocycles. The summed E-state index contributed by atoms with van der Waals surface area (Å²) in [5.74, 6) is 0.618. The van der Waals surface area contributed by atoms with Gasteiger partial charge in [-0.15, -0.1) is 11.3 Å². The summed E-state index contributed by atoms with van der Waals surface area (Å²) in [7, 11) is 0. The quantitative estimate of drug-likeness (QED) is 0.280. The second-order valence-electron chi connectivity index (χ2n) is 9.47. The van der Waals surface area contributed by atoms with Crippen LogP contribution in [0.5, 0.6) is 0 Å². The molecule has 1 aliphatic rings. The first-order chi connectivity index (χ1) is 18.2. The summed E-state index contributed by atoms with van der Waals surface area (Å²) in [6.45, 7) is 3.20. The molecule has 0 radical (unpaired) electrons. The lowest BCUT2D eigenvalue weighted by molar-refractivity contribution is 0.220. The van der Waals surface area contributed by atoms with E-state index in [0.717, 1.165) is 74.7 Å². The number of aromatic nitrogens is 6. The van der Waals surface area contributed by atoms with Crippen LogP contribution in [0.4, 0.5) is 4.39 Å². The van der Waals surface area contributed by atoms with Crippen LogP contribution in [0.3, 0.4) is 0 Å². The molecular formula is C28H24FN7S. The van der Waals surface area contributed by atoms with E-state index in [2.05, 4.69) is 31.1 Å². The van der Waals surface area contributed by atoms with Crippen LogP contribution in [-0.4, -0.2) is 48.1 Å². The molecule has 0 aliphatic carbocycles. The van der Waals surface area contributed by atoms with Crippen LogP contribution in [-0.2, 0) is 6.54 Å². The van der Waals surface area contributed by atoms with Gasteiger partial charge in [0.15, 0.2) is 16.6 Å². The van der Waals surface area contributed by atoms with Gasteiger partial charge >= 0.3 is 0 Å². The smallest absolute Gasteiger partial charge is 0.176 e. The second-order valence-corrected chi connectivity index (χ2v) is 10.5. The molecule has 0 bridgehead atoms. The largest absolute Gasteiger partial charge is 0.336 e. The lowest BCUT2D eigenvalue weighted by Crippen LogP contribution is -2.29. The third kappa shape index (κ3) is 4.20. The summed E-state index contributed by atoms with van der Waals surface area (Å²) in [5, 5.41) is 7.40. The summed E-state index contributed by atoms with van der Waals surface area (Å²) < 4.78 is 13.7. The zero-order valence-corrected chi connectivity index (χ0v) is 20.9. The minimum Gasteiger partial charge on any atom is -0.336 e. The fourth-order valence-corrected chi connectivity index (χ4v) is 5.87. The molecule has 5 aromatic heterocycles. The Morgan fingerprint density at radius 3 is 2.70 bits per heavy atom. The lowest BCUT2D eigenvalue weighted by Gasteiger charge is -2.26. The molecule has 184 valence electrons. The van der Waals surface area contributed by atoms with Crippen molar-refractivity contribution in [3.8, 4) is 33.2 Å². The van der Waals surface area contributed by atoms with Crippen LogP contribution >= 0.6 is 11.3 Å². The van der Waals surface area contributed by atoms with Gasteiger partial charge in [0.2, 0.25) is 0 Å². The van der Waals surface area contributed by atoms with Crippen LogP contribution in [0.15, 0.2) is 60.9 Å². The number of hydrogen-bond acceptors (Lipinski definition) is 6. The Kier molecular flexibility index (Phi) is 5.52. The number of H-pyrrole nitrogens is 2. The first-order valence-electron chi connectivity index (χ1n) is 12.5. The number of fused-ring (bicyclic) bond motifs is 2. The molecule has 0 spiro atoms. The maximum atomic E-state index is 13.7. The first kappa shape index (κ1) is 22.3. The number of para-hydroxylation sites is 1. The summed E-state index contributed by atoms with van der Waals surface area (Å²) in [4.78, 5) is 21.1. The average Bonchev–Trinajstić information content (AvgIpc) is 3.66. The molecule has 6 heterocycles. The Morgan fingerprint density at radius 2 is 1.84 bits per heavy atom. The van der Waals surface area contributed by atoms with E-state index in [9.17, 15) is 4.39 Å². The van der Waals surface area contributed by atoms with E-state index in [1.807, 2.05) is 42.7 Å². The van der Waals surface area contributed by atoms with Crippen molar-refractivity contribution in [2.45, 2.75) is 25.8 Å². The van der Waals surface area contributed by atoms with E-state index in [1.165, 1.54) is 30.9 Å². The first-order valence-corrected chi connectivity index (χ1v) is 13.3. The minimum atomic E-state index is -0.215. The number of imidazole rings is 1. The molecule has 0 amide bonds. The normalized spacial score (nSPS) is 14.6. The molecule has 0 saturated carbocycles. The predicted molar refractivity (Wildman–Crippen MR) is 145 cm³/mol. The second kappa shape index (κ2) is 9.17. The van der Waals surface area contributed by atoms with Crippen LogP contribution < -0.4 is 0 Å². The summed E-state index contributed by atoms with van der Waals surface area (Å²) in [5.41, 5.74) is 7.77. The number of pyridine rings is 2. The number of nitrogens with zero attached hydrogens (tertiary/aromatic N) is 5. The third-order valence-electron chi connectivity index (χ3n) is 6.93. The van der Waals surface area contributed by atoms with E-state index in [-0.39, 0.29) is 5.13 Å². The maximum absolute atomic E-state index is 13.7. The third-order valence-corrected chi connectivity index (χ3v) is 7.84. The molecule has 0 atom stereocenters. The Labute approximate surface area is 216 Å². The molecular weight excluding hydrogens is 485 g/mol. The van der Waals surface area contributed by atoms with E-state index in [0.29, 0.717) is 11.5 Å². The molecule has 0 unspecified atom stereocenters. The Balaban J connectivity index is 1.26. The monoisotopic (exact) mass is 509 g/mol. The van der Waals surface area contributed by atoms with Crippen LogP contribution in [0.2, 0.25) is 0 Å². The summed E-state index contributed by atoms with van der Waals surface area (Å²) in [6.07, 6.45) is 7.67. The Morgan fingerprint density at radius 1 is 0.919 bits per heavy atom. The van der Waals surface area contributed by atoms with Crippen molar-refractivity contribution in [1.82, 2.24) is 35.0 Å². The summed E-state index contributed by atoms with van der Waals surface area (Å²) in [6, 6.07) is 15.3. The van der Waals surface area contributed by atoms with Gasteiger partial charge in [0.05, 0.1) is 22.2 Å². The van der Waals surface area contributed by atoms with Gasteiger partial charge in [0, 0.05) is 34.9 Å². The van der Waals surface area contributed by atoms with Gasteiger partial charge in [0.1, 0.15) is 5.52 Å². The molecule has 1 saturated heterocycles. The molecule has 2 N–H and O–H groups in total. The molecule has 7 rings (SSSR count). The zero-order valence-electron chi connectivity index (χ0n) is 20.0. The fourth-order valence-electron chi connectivity index (χ4n) is 5.12. The number of rotatable bonds is 5. The van der Waals surface area contributed by atoms with E-state index >= 15 is 0 Å². The van der Waals surface area contributed by atoms with Crippen LogP contribution in [0.25, 0.3) is 55.3 Å². The van der Waals surface area contributed by atoms with Gasteiger partial charge < -0.3 is 4.98 Å². The number of aromatic amines is 2. The molecule has 6 aromatic rings. The molecule has 1 fully saturated rings. The molecule has 7 nitrogen and oxygen atoms in total. The molecule has 9 heteroatoms. The SMILES string of the molecule is Fc1ccc(-c2cccc3[nH]c(-c4n[nH]c5ccc(-c6cncc(CN7CCCCC7)c6)nc45)nc23)s1. The Bertz CT molecular complexity index is 1730. The van der Waals surface area contributed by atoms with Crippen LogP contribution in [0.1, 0.15) is 24.8 Å². The van der Waals surface area contributed by atoms with Gasteiger partial charge in [-0.2, -0.15) is 9.49 Å². The number of hydrogen-bond donors (Lipinski definition) is 2. The van der Waals surface area contributed by atoms with E-state index in [4.69, 9.17) is 9.97 Å². The van der Waals surface area contributed by atoms with Gasteiger partial charge in [0.25, 0.3) is 0 Å². The highest BCUT2D eigenvalue weighted by Crippen LogP contribution is 2.34. The standard InChI is InChI=1S/C28H24FN7S/c29-24-10-9-23(37-24)19-5-4-6-21-25(19)33-28(32-21)27-26-22(34-35-27)8-7-20(31-26)18-13-17(14-30-15-18)16-36-11-2-1-3-12-36/h4-10,13-15H,1-3,11-12,16H2,(H,32,33)(H,34,35). The van der Waals surface area contributed by atoms with Gasteiger partial charge in [-0.25, -0.2) is 9.97 Å². The van der Waals surface area contributed by atoms with Crippen molar-refractivity contribution < 1.29 is 4.39 Å². The highest BCUT2D eigenvalue weighted by Gasteiger charge is 2.18. The topological polar surface area (TPSA) is 86.4 Å². The van der Waals surface area contributed by atoms with E-state index in [1.54, 1.807) is 6.07 Å². The van der Waals surface area contributed by atoms with Crippen molar-refractivity contribution in [2.24, 2.45) is 0 Å². The van der Waals surface area contributed by atoms with Gasteiger partial charge in [-0.3, -0.25) is 15.0 Å².